The van der Waals surface area contributed by atoms with Gasteiger partial charge in [-0.25, -0.2) is 4.39 Å². The number of Topliss-reactive ketones (excluding diaryl/α,β-unsaturated/α-hetero) is 1. The van der Waals surface area contributed by atoms with Gasteiger partial charge >= 0.3 is 0 Å². The molecule has 2 rings (SSSR count). The van der Waals surface area contributed by atoms with E-state index in [1.165, 1.54) is 19.2 Å². The molecule has 0 radical (unpaired) electrons. The minimum atomic E-state index is -0.426. The van der Waals surface area contributed by atoms with E-state index >= 15 is 0 Å². The quantitative estimate of drug-likeness (QED) is 0.872. The molecule has 1 N–H and O–H groups in total. The highest BCUT2D eigenvalue weighted by molar-refractivity contribution is 9.10. The zero-order valence-electron chi connectivity index (χ0n) is 10.1. The van der Waals surface area contributed by atoms with Gasteiger partial charge < -0.3 is 10.1 Å². The Bertz CT molecular complexity index is 459. The van der Waals surface area contributed by atoms with Gasteiger partial charge in [0, 0.05) is 18.5 Å². The van der Waals surface area contributed by atoms with Crippen molar-refractivity contribution in [3.63, 3.8) is 0 Å². The van der Waals surface area contributed by atoms with Crippen molar-refractivity contribution in [2.45, 2.75) is 12.8 Å². The summed E-state index contributed by atoms with van der Waals surface area (Å²) in [6.45, 7) is 1.63. The average molecular weight is 316 g/mol. The molecule has 1 fully saturated rings. The number of rotatable bonds is 3. The Hall–Kier alpha value is -0.940. The van der Waals surface area contributed by atoms with Crippen molar-refractivity contribution >= 4 is 21.7 Å². The van der Waals surface area contributed by atoms with Crippen molar-refractivity contribution in [1.29, 1.82) is 0 Å². The molecular weight excluding hydrogens is 301 g/mol. The van der Waals surface area contributed by atoms with Crippen LogP contribution in [0.5, 0.6) is 5.75 Å². The highest BCUT2D eigenvalue weighted by Crippen LogP contribution is 2.29. The summed E-state index contributed by atoms with van der Waals surface area (Å²) in [6.07, 6.45) is 1.85. The predicted octanol–water partition coefficient (Wildman–Crippen LogP) is 2.78. The SMILES string of the molecule is COc1cc(F)c(Br)cc1C(=O)C1CCCNC1. The third kappa shape index (κ3) is 2.72. The maximum atomic E-state index is 13.4. The fourth-order valence-electron chi connectivity index (χ4n) is 2.19. The Balaban J connectivity index is 2.31. The number of hydrogen-bond acceptors (Lipinski definition) is 3. The third-order valence-electron chi connectivity index (χ3n) is 3.18. The van der Waals surface area contributed by atoms with Crippen LogP contribution < -0.4 is 10.1 Å². The van der Waals surface area contributed by atoms with Crippen molar-refractivity contribution in [1.82, 2.24) is 5.32 Å². The first-order chi connectivity index (χ1) is 8.63. The zero-order chi connectivity index (χ0) is 13.1. The number of ketones is 1. The lowest BCUT2D eigenvalue weighted by atomic mass is 9.90. The number of benzene rings is 1. The molecule has 1 heterocycles. The molecule has 98 valence electrons. The van der Waals surface area contributed by atoms with Gasteiger partial charge in [-0.15, -0.1) is 0 Å². The van der Waals surface area contributed by atoms with E-state index in [0.717, 1.165) is 19.4 Å². The summed E-state index contributed by atoms with van der Waals surface area (Å²) >= 11 is 3.10. The van der Waals surface area contributed by atoms with Crippen molar-refractivity contribution in [3.8, 4) is 5.75 Å². The second-order valence-electron chi connectivity index (χ2n) is 4.37. The van der Waals surface area contributed by atoms with Crippen LogP contribution in [0.2, 0.25) is 0 Å². The number of carbonyl (C=O) groups is 1. The van der Waals surface area contributed by atoms with Gasteiger partial charge in [-0.05, 0) is 41.4 Å². The molecule has 1 aromatic carbocycles. The van der Waals surface area contributed by atoms with E-state index in [1.54, 1.807) is 0 Å². The number of nitrogens with one attached hydrogen (secondary N) is 1. The second kappa shape index (κ2) is 5.80. The molecule has 1 saturated heterocycles. The Labute approximate surface area is 114 Å². The van der Waals surface area contributed by atoms with Crippen LogP contribution in [0.15, 0.2) is 16.6 Å². The van der Waals surface area contributed by atoms with Crippen molar-refractivity contribution in [2.24, 2.45) is 5.92 Å². The molecule has 0 spiro atoms. The lowest BCUT2D eigenvalue weighted by Crippen LogP contribution is -2.34. The van der Waals surface area contributed by atoms with Crippen LogP contribution in [0, 0.1) is 11.7 Å². The molecule has 0 saturated carbocycles. The Kier molecular flexibility index (Phi) is 4.35. The van der Waals surface area contributed by atoms with Gasteiger partial charge in [-0.2, -0.15) is 0 Å². The normalized spacial score (nSPS) is 19.6. The van der Waals surface area contributed by atoms with Crippen molar-refractivity contribution in [2.75, 3.05) is 20.2 Å². The van der Waals surface area contributed by atoms with E-state index in [0.29, 0.717) is 17.9 Å². The number of halogens is 2. The number of hydrogen-bond donors (Lipinski definition) is 1. The molecule has 0 aromatic heterocycles. The summed E-state index contributed by atoms with van der Waals surface area (Å²) in [6, 6.07) is 2.75. The highest BCUT2D eigenvalue weighted by Gasteiger charge is 2.25. The standard InChI is InChI=1S/C13H15BrFNO2/c1-18-12-6-11(15)10(14)5-9(12)13(17)8-3-2-4-16-7-8/h5-6,8,16H,2-4,7H2,1H3. The van der Waals surface area contributed by atoms with E-state index < -0.39 is 5.82 Å². The summed E-state index contributed by atoms with van der Waals surface area (Å²) < 4.78 is 18.8. The molecular formula is C13H15BrFNO2. The number of ether oxygens (including phenoxy) is 1. The first kappa shape index (κ1) is 13.5. The van der Waals surface area contributed by atoms with Crippen LogP contribution in [-0.4, -0.2) is 26.0 Å². The Morgan fingerprint density at radius 3 is 2.94 bits per heavy atom. The van der Waals surface area contributed by atoms with E-state index in [-0.39, 0.29) is 16.2 Å². The molecule has 1 aromatic rings. The smallest absolute Gasteiger partial charge is 0.170 e. The van der Waals surface area contributed by atoms with E-state index in [9.17, 15) is 9.18 Å². The fraction of sp³-hybridized carbons (Fsp3) is 0.462. The summed E-state index contributed by atoms with van der Waals surface area (Å²) in [7, 11) is 1.44. The monoisotopic (exact) mass is 315 g/mol. The summed E-state index contributed by atoms with van der Waals surface area (Å²) in [5, 5.41) is 3.20. The van der Waals surface area contributed by atoms with Gasteiger partial charge in [0.2, 0.25) is 0 Å². The van der Waals surface area contributed by atoms with E-state index in [2.05, 4.69) is 21.2 Å². The third-order valence-corrected chi connectivity index (χ3v) is 3.78. The predicted molar refractivity (Wildman–Crippen MR) is 70.6 cm³/mol. The van der Waals surface area contributed by atoms with Crippen LogP contribution in [0.1, 0.15) is 23.2 Å². The molecule has 5 heteroatoms. The van der Waals surface area contributed by atoms with Crippen LogP contribution >= 0.6 is 15.9 Å². The van der Waals surface area contributed by atoms with Gasteiger partial charge in [-0.1, -0.05) is 0 Å². The molecule has 0 bridgehead atoms. The minimum absolute atomic E-state index is 0.0137. The first-order valence-electron chi connectivity index (χ1n) is 5.91. The number of carbonyl (C=O) groups excluding carboxylic acids is 1. The minimum Gasteiger partial charge on any atom is -0.496 e. The Morgan fingerprint density at radius 2 is 2.33 bits per heavy atom. The Morgan fingerprint density at radius 1 is 1.56 bits per heavy atom. The van der Waals surface area contributed by atoms with E-state index in [1.807, 2.05) is 0 Å². The highest BCUT2D eigenvalue weighted by atomic mass is 79.9. The molecule has 1 aliphatic rings. The number of methoxy groups -OCH3 is 1. The average Bonchev–Trinajstić information content (AvgIpc) is 2.41. The van der Waals surface area contributed by atoms with Crippen molar-refractivity contribution in [3.05, 3.63) is 28.0 Å². The molecule has 0 aliphatic carbocycles. The van der Waals surface area contributed by atoms with Crippen LogP contribution in [-0.2, 0) is 0 Å². The molecule has 0 amide bonds. The largest absolute Gasteiger partial charge is 0.496 e. The molecule has 1 unspecified atom stereocenters. The molecule has 3 nitrogen and oxygen atoms in total. The maximum Gasteiger partial charge on any atom is 0.170 e. The fourth-order valence-corrected chi connectivity index (χ4v) is 2.53. The maximum absolute atomic E-state index is 13.4. The van der Waals surface area contributed by atoms with Crippen molar-refractivity contribution < 1.29 is 13.9 Å². The molecule has 1 aliphatic heterocycles. The molecule has 18 heavy (non-hydrogen) atoms. The first-order valence-corrected chi connectivity index (χ1v) is 6.70. The van der Waals surface area contributed by atoms with Crippen LogP contribution in [0.4, 0.5) is 4.39 Å². The van der Waals surface area contributed by atoms with Gasteiger partial charge in [0.05, 0.1) is 17.1 Å². The zero-order valence-corrected chi connectivity index (χ0v) is 11.7. The lowest BCUT2D eigenvalue weighted by molar-refractivity contribution is 0.0896. The summed E-state index contributed by atoms with van der Waals surface area (Å²) in [5.74, 6) is -0.166. The van der Waals surface area contributed by atoms with Gasteiger partial charge in [0.25, 0.3) is 0 Å². The van der Waals surface area contributed by atoms with Crippen LogP contribution in [0.25, 0.3) is 0 Å². The van der Waals surface area contributed by atoms with Crippen LogP contribution in [0.3, 0.4) is 0 Å². The van der Waals surface area contributed by atoms with Gasteiger partial charge in [0.15, 0.2) is 5.78 Å². The lowest BCUT2D eigenvalue weighted by Gasteiger charge is -2.22. The summed E-state index contributed by atoms with van der Waals surface area (Å²) in [5.41, 5.74) is 0.444. The number of piperidine rings is 1. The topological polar surface area (TPSA) is 38.3 Å². The summed E-state index contributed by atoms with van der Waals surface area (Å²) in [4.78, 5) is 12.4. The second-order valence-corrected chi connectivity index (χ2v) is 5.23. The van der Waals surface area contributed by atoms with Gasteiger partial charge in [-0.3, -0.25) is 4.79 Å². The molecule has 1 atom stereocenters. The van der Waals surface area contributed by atoms with Gasteiger partial charge in [0.1, 0.15) is 11.6 Å². The van der Waals surface area contributed by atoms with E-state index in [4.69, 9.17) is 4.74 Å².